The molecule has 27 heavy (non-hydrogen) atoms. The van der Waals surface area contributed by atoms with Gasteiger partial charge in [-0.15, -0.1) is 0 Å². The molecular weight excluding hydrogens is 405 g/mol. The van der Waals surface area contributed by atoms with Crippen LogP contribution in [0.5, 0.6) is 11.5 Å². The molecule has 1 aliphatic rings. The Balaban J connectivity index is 1.82. The van der Waals surface area contributed by atoms with Crippen molar-refractivity contribution in [3.63, 3.8) is 0 Å². The number of aromatic amines is 1. The fraction of sp³-hybridized carbons (Fsp3) is 0.294. The number of benzene rings is 1. The van der Waals surface area contributed by atoms with E-state index in [1.165, 1.54) is 24.4 Å². The van der Waals surface area contributed by atoms with E-state index in [4.69, 9.17) is 27.9 Å². The van der Waals surface area contributed by atoms with E-state index in [0.717, 1.165) is 12.8 Å². The number of pyridine rings is 1. The molecule has 1 amide bonds. The standard InChI is InChI=1S/C17H14Cl2F2N2O4/c18-10-6-22-15(13(19)14(10)24)23-16(25)9-3-4-11(27-17(20)21)12(5-9)26-7-8-1-2-8/h3-6,8,17H,1-2,7H2,(H2,22,23,24,25). The van der Waals surface area contributed by atoms with E-state index in [1.54, 1.807) is 0 Å². The number of amides is 1. The molecule has 10 heteroatoms. The summed E-state index contributed by atoms with van der Waals surface area (Å²) in [5, 5.41) is 2.03. The molecular formula is C17H14Cl2F2N2O4. The molecule has 2 aromatic rings. The zero-order valence-corrected chi connectivity index (χ0v) is 15.2. The molecule has 1 fully saturated rings. The predicted octanol–water partition coefficient (Wildman–Crippen LogP) is 4.32. The van der Waals surface area contributed by atoms with E-state index >= 15 is 0 Å². The Kier molecular flexibility index (Phi) is 5.86. The number of H-pyrrole nitrogens is 1. The number of halogens is 4. The highest BCUT2D eigenvalue weighted by atomic mass is 35.5. The minimum Gasteiger partial charge on any atom is -0.489 e. The quantitative estimate of drug-likeness (QED) is 0.701. The van der Waals surface area contributed by atoms with Crippen molar-refractivity contribution >= 4 is 34.9 Å². The largest absolute Gasteiger partial charge is 0.489 e. The van der Waals surface area contributed by atoms with Crippen molar-refractivity contribution in [3.8, 4) is 11.5 Å². The molecule has 1 aromatic heterocycles. The summed E-state index contributed by atoms with van der Waals surface area (Å²) < 4.78 is 35.1. The fourth-order valence-corrected chi connectivity index (χ4v) is 2.61. The molecule has 3 rings (SSSR count). The Hall–Kier alpha value is -2.32. The highest BCUT2D eigenvalue weighted by Gasteiger charge is 2.23. The second-order valence-corrected chi connectivity index (χ2v) is 6.69. The number of hydrogen-bond donors (Lipinski definition) is 2. The number of anilines is 1. The van der Waals surface area contributed by atoms with Gasteiger partial charge in [0.2, 0.25) is 5.43 Å². The second-order valence-electron chi connectivity index (χ2n) is 5.90. The molecule has 0 atom stereocenters. The Morgan fingerprint density at radius 1 is 1.30 bits per heavy atom. The van der Waals surface area contributed by atoms with Crippen molar-refractivity contribution in [1.29, 1.82) is 0 Å². The van der Waals surface area contributed by atoms with E-state index in [1.807, 2.05) is 0 Å². The average Bonchev–Trinajstić information content (AvgIpc) is 3.45. The summed E-state index contributed by atoms with van der Waals surface area (Å²) in [6.45, 7) is -2.67. The van der Waals surface area contributed by atoms with Crippen LogP contribution in [0.3, 0.4) is 0 Å². The highest BCUT2D eigenvalue weighted by Crippen LogP contribution is 2.34. The normalized spacial score (nSPS) is 13.5. The maximum absolute atomic E-state index is 12.6. The molecule has 0 unspecified atom stereocenters. The summed E-state index contributed by atoms with van der Waals surface area (Å²) in [4.78, 5) is 26.7. The lowest BCUT2D eigenvalue weighted by atomic mass is 10.2. The predicted molar refractivity (Wildman–Crippen MR) is 96.3 cm³/mol. The number of hydrogen-bond acceptors (Lipinski definition) is 4. The van der Waals surface area contributed by atoms with Crippen LogP contribution in [0, 0.1) is 5.92 Å². The van der Waals surface area contributed by atoms with E-state index in [9.17, 15) is 18.4 Å². The van der Waals surface area contributed by atoms with Gasteiger partial charge in [0, 0.05) is 11.8 Å². The van der Waals surface area contributed by atoms with Crippen molar-refractivity contribution in [2.75, 3.05) is 11.9 Å². The zero-order valence-electron chi connectivity index (χ0n) is 13.7. The van der Waals surface area contributed by atoms with Gasteiger partial charge in [0.25, 0.3) is 5.91 Å². The van der Waals surface area contributed by atoms with E-state index in [0.29, 0.717) is 12.5 Å². The number of alkyl halides is 2. The third-order valence-electron chi connectivity index (χ3n) is 3.81. The number of carbonyl (C=O) groups excluding carboxylic acids is 1. The molecule has 144 valence electrons. The van der Waals surface area contributed by atoms with Gasteiger partial charge in [-0.2, -0.15) is 8.78 Å². The summed E-state index contributed by atoms with van der Waals surface area (Å²) in [5.41, 5.74) is -0.532. The summed E-state index contributed by atoms with van der Waals surface area (Å²) in [6.07, 6.45) is 3.20. The number of aromatic nitrogens is 1. The van der Waals surface area contributed by atoms with Crippen LogP contribution in [0.1, 0.15) is 23.2 Å². The van der Waals surface area contributed by atoms with Gasteiger partial charge < -0.3 is 19.8 Å². The molecule has 1 heterocycles. The van der Waals surface area contributed by atoms with Gasteiger partial charge in [0.15, 0.2) is 11.5 Å². The van der Waals surface area contributed by atoms with Gasteiger partial charge in [-0.1, -0.05) is 23.2 Å². The smallest absolute Gasteiger partial charge is 0.387 e. The Morgan fingerprint density at radius 2 is 2.04 bits per heavy atom. The molecule has 0 spiro atoms. The second kappa shape index (κ2) is 8.14. The van der Waals surface area contributed by atoms with Crippen molar-refractivity contribution in [1.82, 2.24) is 4.98 Å². The molecule has 0 bridgehead atoms. The van der Waals surface area contributed by atoms with E-state index in [2.05, 4.69) is 15.0 Å². The average molecular weight is 419 g/mol. The molecule has 1 aliphatic carbocycles. The topological polar surface area (TPSA) is 80.4 Å². The van der Waals surface area contributed by atoms with Crippen molar-refractivity contribution in [2.45, 2.75) is 19.5 Å². The van der Waals surface area contributed by atoms with Crippen LogP contribution in [0.25, 0.3) is 0 Å². The Morgan fingerprint density at radius 3 is 2.70 bits per heavy atom. The van der Waals surface area contributed by atoms with Gasteiger partial charge in [-0.05, 0) is 37.0 Å². The van der Waals surface area contributed by atoms with Gasteiger partial charge in [0.05, 0.1) is 6.61 Å². The lowest BCUT2D eigenvalue weighted by Crippen LogP contribution is -2.17. The highest BCUT2D eigenvalue weighted by molar-refractivity contribution is 6.36. The number of carbonyl (C=O) groups is 1. The van der Waals surface area contributed by atoms with Gasteiger partial charge in [-0.3, -0.25) is 9.59 Å². The summed E-state index contributed by atoms with van der Waals surface area (Å²) >= 11 is 11.5. The summed E-state index contributed by atoms with van der Waals surface area (Å²) in [6, 6.07) is 3.80. The molecule has 0 radical (unpaired) electrons. The first-order chi connectivity index (χ1) is 12.8. The molecule has 1 saturated carbocycles. The van der Waals surface area contributed by atoms with Crippen LogP contribution in [0.15, 0.2) is 29.2 Å². The molecule has 0 aliphatic heterocycles. The third-order valence-corrected chi connectivity index (χ3v) is 4.45. The maximum Gasteiger partial charge on any atom is 0.387 e. The SMILES string of the molecule is O=C(Nc1[nH]cc(Cl)c(=O)c1Cl)c1ccc(OC(F)F)c(OCC2CC2)c1. The first-order valence-corrected chi connectivity index (χ1v) is 8.70. The minimum atomic E-state index is -3.02. The van der Waals surface area contributed by atoms with Gasteiger partial charge >= 0.3 is 6.61 Å². The van der Waals surface area contributed by atoms with Crippen LogP contribution in [-0.4, -0.2) is 24.1 Å². The van der Waals surface area contributed by atoms with Crippen molar-refractivity contribution < 1.29 is 23.0 Å². The molecule has 0 saturated heterocycles. The van der Waals surface area contributed by atoms with Crippen LogP contribution < -0.4 is 20.2 Å². The Labute approximate surface area is 162 Å². The third kappa shape index (κ3) is 4.90. The maximum atomic E-state index is 12.6. The number of nitrogens with one attached hydrogen (secondary N) is 2. The van der Waals surface area contributed by atoms with Crippen LogP contribution in [0.4, 0.5) is 14.6 Å². The van der Waals surface area contributed by atoms with Crippen LogP contribution >= 0.6 is 23.2 Å². The lowest BCUT2D eigenvalue weighted by molar-refractivity contribution is -0.0515. The summed E-state index contributed by atoms with van der Waals surface area (Å²) in [7, 11) is 0. The first-order valence-electron chi connectivity index (χ1n) is 7.95. The van der Waals surface area contributed by atoms with E-state index < -0.39 is 17.9 Å². The monoisotopic (exact) mass is 418 g/mol. The number of rotatable bonds is 7. The van der Waals surface area contributed by atoms with Gasteiger partial charge in [-0.25, -0.2) is 0 Å². The minimum absolute atomic E-state index is 0.0329. The fourth-order valence-electron chi connectivity index (χ4n) is 2.21. The zero-order chi connectivity index (χ0) is 19.6. The lowest BCUT2D eigenvalue weighted by Gasteiger charge is -2.14. The van der Waals surface area contributed by atoms with E-state index in [-0.39, 0.29) is 32.9 Å². The molecule has 1 aromatic carbocycles. The van der Waals surface area contributed by atoms with Crippen LogP contribution in [-0.2, 0) is 0 Å². The first kappa shape index (κ1) is 19.4. The van der Waals surface area contributed by atoms with Crippen molar-refractivity contribution in [2.24, 2.45) is 5.92 Å². The van der Waals surface area contributed by atoms with Gasteiger partial charge in [0.1, 0.15) is 15.9 Å². The Bertz CT molecular complexity index is 916. The number of ether oxygens (including phenoxy) is 2. The van der Waals surface area contributed by atoms with Crippen molar-refractivity contribution in [3.05, 3.63) is 50.2 Å². The summed E-state index contributed by atoms with van der Waals surface area (Å²) in [5.74, 6) is -0.426. The molecule has 6 nitrogen and oxygen atoms in total. The van der Waals surface area contributed by atoms with Crippen LogP contribution in [0.2, 0.25) is 10.0 Å². The molecule has 2 N–H and O–H groups in total.